The highest BCUT2D eigenvalue weighted by molar-refractivity contribution is 5.77. The van der Waals surface area contributed by atoms with E-state index in [4.69, 9.17) is 5.73 Å². The van der Waals surface area contributed by atoms with E-state index in [0.717, 1.165) is 0 Å². The molecule has 0 saturated carbocycles. The Labute approximate surface area is 123 Å². The van der Waals surface area contributed by atoms with Gasteiger partial charge in [0.05, 0.1) is 6.54 Å². The lowest BCUT2D eigenvalue weighted by molar-refractivity contribution is -0.133. The van der Waals surface area contributed by atoms with Gasteiger partial charge >= 0.3 is 0 Å². The largest absolute Gasteiger partial charge is 0.369 e. The van der Waals surface area contributed by atoms with Crippen LogP contribution in [0.5, 0.6) is 0 Å². The number of halogens is 1. The molecule has 1 aliphatic heterocycles. The first kappa shape index (κ1) is 15.4. The zero-order chi connectivity index (χ0) is 15.2. The summed E-state index contributed by atoms with van der Waals surface area (Å²) >= 11 is 0. The first-order valence-corrected chi connectivity index (χ1v) is 7.08. The van der Waals surface area contributed by atoms with E-state index in [-0.39, 0.29) is 24.2 Å². The lowest BCUT2D eigenvalue weighted by Crippen LogP contribution is -2.50. The van der Waals surface area contributed by atoms with Gasteiger partial charge in [0.1, 0.15) is 5.82 Å². The number of rotatable bonds is 5. The molecule has 1 aliphatic rings. The van der Waals surface area contributed by atoms with Gasteiger partial charge < -0.3 is 10.6 Å². The van der Waals surface area contributed by atoms with Crippen LogP contribution in [0, 0.1) is 5.82 Å². The third kappa shape index (κ3) is 4.53. The zero-order valence-corrected chi connectivity index (χ0v) is 11.9. The predicted molar refractivity (Wildman–Crippen MR) is 76.9 cm³/mol. The van der Waals surface area contributed by atoms with Gasteiger partial charge in [-0.25, -0.2) is 4.39 Å². The van der Waals surface area contributed by atoms with Crippen molar-refractivity contribution in [3.8, 4) is 0 Å². The zero-order valence-electron chi connectivity index (χ0n) is 11.9. The number of primary amides is 1. The summed E-state index contributed by atoms with van der Waals surface area (Å²) in [7, 11) is 0. The molecule has 0 atom stereocenters. The average molecular weight is 293 g/mol. The molecule has 5 nitrogen and oxygen atoms in total. The van der Waals surface area contributed by atoms with E-state index in [9.17, 15) is 14.0 Å². The number of amides is 2. The molecular formula is C15H20FN3O2. The van der Waals surface area contributed by atoms with Gasteiger partial charge in [0.15, 0.2) is 0 Å². The van der Waals surface area contributed by atoms with Crippen LogP contribution in [0.15, 0.2) is 24.3 Å². The summed E-state index contributed by atoms with van der Waals surface area (Å²) in [6, 6.07) is 6.51. The van der Waals surface area contributed by atoms with Crippen molar-refractivity contribution in [1.29, 1.82) is 0 Å². The van der Waals surface area contributed by atoms with Gasteiger partial charge in [-0.2, -0.15) is 0 Å². The second kappa shape index (κ2) is 7.17. The van der Waals surface area contributed by atoms with Gasteiger partial charge in [0, 0.05) is 32.6 Å². The number of carbonyl (C=O) groups is 2. The molecule has 2 amide bonds. The molecule has 1 aromatic carbocycles. The van der Waals surface area contributed by atoms with Gasteiger partial charge in [-0.15, -0.1) is 0 Å². The highest BCUT2D eigenvalue weighted by atomic mass is 19.1. The van der Waals surface area contributed by atoms with Crippen LogP contribution in [-0.2, 0) is 16.0 Å². The number of piperazine rings is 1. The molecule has 2 N–H and O–H groups in total. The molecule has 0 unspecified atom stereocenters. The van der Waals surface area contributed by atoms with E-state index < -0.39 is 0 Å². The summed E-state index contributed by atoms with van der Waals surface area (Å²) in [5, 5.41) is 0. The van der Waals surface area contributed by atoms with Crippen molar-refractivity contribution in [3.63, 3.8) is 0 Å². The Morgan fingerprint density at radius 1 is 1.14 bits per heavy atom. The molecule has 0 spiro atoms. The van der Waals surface area contributed by atoms with Crippen molar-refractivity contribution in [2.75, 3.05) is 32.7 Å². The third-order valence-electron chi connectivity index (χ3n) is 3.67. The quantitative estimate of drug-likeness (QED) is 0.854. The molecule has 1 fully saturated rings. The van der Waals surface area contributed by atoms with Gasteiger partial charge in [-0.1, -0.05) is 18.2 Å². The number of carbonyl (C=O) groups excluding carboxylic acids is 2. The Hall–Kier alpha value is -1.95. The highest BCUT2D eigenvalue weighted by Gasteiger charge is 2.21. The summed E-state index contributed by atoms with van der Waals surface area (Å²) in [5.74, 6) is -0.595. The van der Waals surface area contributed by atoms with Crippen LogP contribution in [-0.4, -0.2) is 54.3 Å². The first-order valence-electron chi connectivity index (χ1n) is 7.08. The third-order valence-corrected chi connectivity index (χ3v) is 3.67. The number of benzene rings is 1. The number of hydrogen-bond acceptors (Lipinski definition) is 3. The number of hydrogen-bond donors (Lipinski definition) is 1. The van der Waals surface area contributed by atoms with Crippen molar-refractivity contribution in [3.05, 3.63) is 35.6 Å². The minimum atomic E-state index is -0.352. The highest BCUT2D eigenvalue weighted by Crippen LogP contribution is 2.11. The van der Waals surface area contributed by atoms with Crippen LogP contribution >= 0.6 is 0 Å². The van der Waals surface area contributed by atoms with Crippen molar-refractivity contribution in [2.24, 2.45) is 5.73 Å². The number of aryl methyl sites for hydroxylation is 1. The van der Waals surface area contributed by atoms with Gasteiger partial charge in [0.2, 0.25) is 11.8 Å². The van der Waals surface area contributed by atoms with Crippen molar-refractivity contribution in [2.45, 2.75) is 12.8 Å². The SMILES string of the molecule is NC(=O)CN1CCN(C(=O)CCc2ccccc2F)CC1. The van der Waals surface area contributed by atoms with Crippen LogP contribution in [0.1, 0.15) is 12.0 Å². The molecule has 0 aromatic heterocycles. The molecule has 0 bridgehead atoms. The van der Waals surface area contributed by atoms with E-state index in [0.29, 0.717) is 44.6 Å². The molecule has 21 heavy (non-hydrogen) atoms. The van der Waals surface area contributed by atoms with Crippen LogP contribution in [0.2, 0.25) is 0 Å². The minimum absolute atomic E-state index is 0.0250. The van der Waals surface area contributed by atoms with Crippen LogP contribution in [0.3, 0.4) is 0 Å². The van der Waals surface area contributed by atoms with Crippen molar-refractivity contribution in [1.82, 2.24) is 9.80 Å². The Balaban J connectivity index is 1.77. The van der Waals surface area contributed by atoms with Crippen molar-refractivity contribution < 1.29 is 14.0 Å². The fourth-order valence-corrected chi connectivity index (χ4v) is 2.48. The molecule has 1 saturated heterocycles. The first-order chi connectivity index (χ1) is 10.1. The smallest absolute Gasteiger partial charge is 0.231 e. The summed E-state index contributed by atoms with van der Waals surface area (Å²) in [4.78, 5) is 26.6. The fourth-order valence-electron chi connectivity index (χ4n) is 2.48. The summed E-state index contributed by atoms with van der Waals surface area (Å²) < 4.78 is 13.5. The van der Waals surface area contributed by atoms with Gasteiger partial charge in [0.25, 0.3) is 0 Å². The second-order valence-electron chi connectivity index (χ2n) is 5.21. The average Bonchev–Trinajstić information content (AvgIpc) is 2.46. The van der Waals surface area contributed by atoms with Gasteiger partial charge in [-0.05, 0) is 18.1 Å². The Morgan fingerprint density at radius 2 is 1.81 bits per heavy atom. The van der Waals surface area contributed by atoms with Crippen LogP contribution in [0.25, 0.3) is 0 Å². The molecular weight excluding hydrogens is 273 g/mol. The van der Waals surface area contributed by atoms with E-state index in [1.165, 1.54) is 6.07 Å². The van der Waals surface area contributed by atoms with Gasteiger partial charge in [-0.3, -0.25) is 14.5 Å². The fraction of sp³-hybridized carbons (Fsp3) is 0.467. The second-order valence-corrected chi connectivity index (χ2v) is 5.21. The predicted octanol–water partition coefficient (Wildman–Crippen LogP) is 0.388. The lowest BCUT2D eigenvalue weighted by atomic mass is 10.1. The lowest BCUT2D eigenvalue weighted by Gasteiger charge is -2.34. The van der Waals surface area contributed by atoms with Crippen molar-refractivity contribution >= 4 is 11.8 Å². The summed E-state index contributed by atoms with van der Waals surface area (Å²) in [6.45, 7) is 2.70. The maximum absolute atomic E-state index is 13.5. The maximum atomic E-state index is 13.5. The number of nitrogens with zero attached hydrogens (tertiary/aromatic N) is 2. The topological polar surface area (TPSA) is 66.6 Å². The monoisotopic (exact) mass is 293 g/mol. The summed E-state index contributed by atoms with van der Waals surface area (Å²) in [6.07, 6.45) is 0.712. The Kier molecular flexibility index (Phi) is 5.27. The normalized spacial score (nSPS) is 16.0. The molecule has 0 aliphatic carbocycles. The maximum Gasteiger partial charge on any atom is 0.231 e. The van der Waals surface area contributed by atoms with E-state index in [1.54, 1.807) is 23.1 Å². The van der Waals surface area contributed by atoms with E-state index >= 15 is 0 Å². The van der Waals surface area contributed by atoms with Crippen LogP contribution < -0.4 is 5.73 Å². The molecule has 2 rings (SSSR count). The Bertz CT molecular complexity index is 513. The van der Waals surface area contributed by atoms with E-state index in [1.807, 2.05) is 4.90 Å². The summed E-state index contributed by atoms with van der Waals surface area (Å²) in [5.41, 5.74) is 5.72. The Morgan fingerprint density at radius 3 is 2.43 bits per heavy atom. The minimum Gasteiger partial charge on any atom is -0.369 e. The van der Waals surface area contributed by atoms with Crippen LogP contribution in [0.4, 0.5) is 4.39 Å². The molecule has 114 valence electrons. The molecule has 1 aromatic rings. The molecule has 1 heterocycles. The standard InChI is InChI=1S/C15H20FN3O2/c16-13-4-2-1-3-12(13)5-6-15(21)19-9-7-18(8-10-19)11-14(17)20/h1-4H,5-11H2,(H2,17,20). The number of nitrogens with two attached hydrogens (primary N) is 1. The van der Waals surface area contributed by atoms with E-state index in [2.05, 4.69) is 0 Å². The molecule has 0 radical (unpaired) electrons. The molecule has 6 heteroatoms.